The summed E-state index contributed by atoms with van der Waals surface area (Å²) in [7, 11) is 0. The van der Waals surface area contributed by atoms with Crippen molar-refractivity contribution in [2.45, 2.75) is 39.0 Å². The zero-order valence-corrected chi connectivity index (χ0v) is 17.8. The molecule has 0 bridgehead atoms. The fourth-order valence-corrected chi connectivity index (χ4v) is 4.16. The van der Waals surface area contributed by atoms with Gasteiger partial charge >= 0.3 is 0 Å². The molecule has 1 saturated carbocycles. The lowest BCUT2D eigenvalue weighted by molar-refractivity contribution is 0.103. The van der Waals surface area contributed by atoms with Gasteiger partial charge in [0.1, 0.15) is 11.5 Å². The highest BCUT2D eigenvalue weighted by atomic mass is 16.5. The van der Waals surface area contributed by atoms with Crippen molar-refractivity contribution in [1.82, 2.24) is 0 Å². The minimum absolute atomic E-state index is 0.0484. The van der Waals surface area contributed by atoms with Gasteiger partial charge < -0.3 is 9.84 Å². The number of allylic oxidation sites excluding steroid dienone is 3. The second-order valence-corrected chi connectivity index (χ2v) is 8.15. The zero-order chi connectivity index (χ0) is 21.3. The van der Waals surface area contributed by atoms with E-state index in [4.69, 9.17) is 4.74 Å². The Morgan fingerprint density at radius 3 is 2.70 bits per heavy atom. The molecule has 0 amide bonds. The Hall–Kier alpha value is -2.81. The maximum absolute atomic E-state index is 12.6. The van der Waals surface area contributed by atoms with Gasteiger partial charge in [0.2, 0.25) is 0 Å². The highest BCUT2D eigenvalue weighted by molar-refractivity contribution is 6.10. The molecule has 2 aromatic carbocycles. The van der Waals surface area contributed by atoms with Crippen LogP contribution in [0.15, 0.2) is 73.3 Å². The van der Waals surface area contributed by atoms with Crippen molar-refractivity contribution in [2.24, 2.45) is 17.8 Å². The van der Waals surface area contributed by atoms with Gasteiger partial charge in [-0.15, -0.1) is 6.58 Å². The molecule has 3 rings (SSSR count). The Morgan fingerprint density at radius 1 is 1.20 bits per heavy atom. The van der Waals surface area contributed by atoms with Crippen molar-refractivity contribution in [2.75, 3.05) is 6.61 Å². The molecule has 0 saturated heterocycles. The van der Waals surface area contributed by atoms with Crippen molar-refractivity contribution in [3.8, 4) is 11.5 Å². The van der Waals surface area contributed by atoms with Crippen molar-refractivity contribution in [1.29, 1.82) is 0 Å². The number of aromatic hydroxyl groups is 1. The van der Waals surface area contributed by atoms with E-state index < -0.39 is 0 Å². The van der Waals surface area contributed by atoms with E-state index in [1.54, 1.807) is 30.3 Å². The molecule has 0 aliphatic heterocycles. The summed E-state index contributed by atoms with van der Waals surface area (Å²) >= 11 is 0. The molecule has 3 nitrogen and oxygen atoms in total. The first-order valence-corrected chi connectivity index (χ1v) is 11.0. The van der Waals surface area contributed by atoms with Crippen LogP contribution < -0.4 is 4.74 Å². The first-order valence-electron chi connectivity index (χ1n) is 11.0. The van der Waals surface area contributed by atoms with E-state index in [9.17, 15) is 9.90 Å². The molecular formula is C27H32O3. The van der Waals surface area contributed by atoms with E-state index in [0.717, 1.165) is 19.3 Å². The molecule has 0 radical (unpaired) electrons. The van der Waals surface area contributed by atoms with Crippen LogP contribution in [0.2, 0.25) is 0 Å². The summed E-state index contributed by atoms with van der Waals surface area (Å²) in [6.07, 6.45) is 12.5. The Balaban J connectivity index is 1.63. The predicted octanol–water partition coefficient (Wildman–Crippen LogP) is 6.58. The molecule has 1 aliphatic carbocycles. The van der Waals surface area contributed by atoms with Gasteiger partial charge in [0.15, 0.2) is 5.78 Å². The smallest absolute Gasteiger partial charge is 0.196 e. The summed E-state index contributed by atoms with van der Waals surface area (Å²) in [5.41, 5.74) is 0.846. The van der Waals surface area contributed by atoms with Crippen LogP contribution in [0.1, 0.15) is 54.9 Å². The number of hydrogen-bond acceptors (Lipinski definition) is 3. The summed E-state index contributed by atoms with van der Waals surface area (Å²) in [5, 5.41) is 10.4. The molecule has 0 aromatic heterocycles. The van der Waals surface area contributed by atoms with Crippen molar-refractivity contribution >= 4 is 5.78 Å². The van der Waals surface area contributed by atoms with Crippen LogP contribution in [-0.2, 0) is 0 Å². The van der Waals surface area contributed by atoms with Crippen molar-refractivity contribution < 1.29 is 14.6 Å². The van der Waals surface area contributed by atoms with Crippen LogP contribution >= 0.6 is 0 Å². The van der Waals surface area contributed by atoms with Crippen LogP contribution in [0, 0.1) is 17.8 Å². The zero-order valence-electron chi connectivity index (χ0n) is 17.8. The van der Waals surface area contributed by atoms with E-state index in [2.05, 4.69) is 31.7 Å². The molecule has 30 heavy (non-hydrogen) atoms. The van der Waals surface area contributed by atoms with Crippen LogP contribution in [0.5, 0.6) is 11.5 Å². The van der Waals surface area contributed by atoms with Gasteiger partial charge in [0.25, 0.3) is 0 Å². The molecule has 1 fully saturated rings. The number of ketones is 1. The largest absolute Gasteiger partial charge is 0.507 e. The second-order valence-electron chi connectivity index (χ2n) is 8.15. The lowest BCUT2D eigenvalue weighted by Crippen LogP contribution is -2.15. The number of benzene rings is 2. The summed E-state index contributed by atoms with van der Waals surface area (Å²) in [6.45, 7) is 6.78. The second kappa shape index (κ2) is 10.8. The van der Waals surface area contributed by atoms with Crippen LogP contribution in [0.3, 0.4) is 0 Å². The van der Waals surface area contributed by atoms with E-state index in [0.29, 0.717) is 35.7 Å². The number of phenolic OH excluding ortho intramolecular Hbond substituents is 1. The molecule has 0 heterocycles. The number of phenols is 1. The third-order valence-electron chi connectivity index (χ3n) is 5.94. The van der Waals surface area contributed by atoms with Gasteiger partial charge in [0, 0.05) is 11.6 Å². The van der Waals surface area contributed by atoms with Gasteiger partial charge in [-0.05, 0) is 49.1 Å². The van der Waals surface area contributed by atoms with Gasteiger partial charge in [-0.3, -0.25) is 4.79 Å². The first kappa shape index (κ1) is 21.9. The first-order chi connectivity index (χ1) is 14.6. The third kappa shape index (κ3) is 5.63. The average molecular weight is 405 g/mol. The van der Waals surface area contributed by atoms with Gasteiger partial charge in [-0.2, -0.15) is 0 Å². The summed E-state index contributed by atoms with van der Waals surface area (Å²) in [4.78, 5) is 12.6. The topological polar surface area (TPSA) is 46.5 Å². The van der Waals surface area contributed by atoms with Gasteiger partial charge in [-0.25, -0.2) is 0 Å². The lowest BCUT2D eigenvalue weighted by Gasteiger charge is -2.17. The highest BCUT2D eigenvalue weighted by Crippen LogP contribution is 2.38. The predicted molar refractivity (Wildman–Crippen MR) is 122 cm³/mol. The molecule has 0 spiro atoms. The number of carbonyl (C=O) groups excluding carboxylic acids is 1. The Morgan fingerprint density at radius 2 is 2.00 bits per heavy atom. The van der Waals surface area contributed by atoms with Crippen LogP contribution in [0.4, 0.5) is 0 Å². The van der Waals surface area contributed by atoms with Gasteiger partial charge in [-0.1, -0.05) is 68.3 Å². The van der Waals surface area contributed by atoms with Crippen LogP contribution in [-0.4, -0.2) is 17.5 Å². The molecule has 3 atom stereocenters. The van der Waals surface area contributed by atoms with Crippen molar-refractivity contribution in [3.05, 3.63) is 84.5 Å². The molecule has 1 aliphatic rings. The van der Waals surface area contributed by atoms with Gasteiger partial charge in [0.05, 0.1) is 12.2 Å². The third-order valence-corrected chi connectivity index (χ3v) is 5.94. The highest BCUT2D eigenvalue weighted by Gasteiger charge is 2.31. The maximum atomic E-state index is 12.6. The summed E-state index contributed by atoms with van der Waals surface area (Å²) < 4.78 is 6.02. The number of hydrogen-bond donors (Lipinski definition) is 1. The van der Waals surface area contributed by atoms with E-state index in [1.165, 1.54) is 12.8 Å². The fraction of sp³-hybridized carbons (Fsp3) is 0.370. The Labute approximate surface area is 180 Å². The van der Waals surface area contributed by atoms with E-state index in [1.807, 2.05) is 18.2 Å². The quantitative estimate of drug-likeness (QED) is 0.276. The van der Waals surface area contributed by atoms with E-state index in [-0.39, 0.29) is 17.1 Å². The molecular weight excluding hydrogens is 372 g/mol. The van der Waals surface area contributed by atoms with Crippen molar-refractivity contribution in [3.63, 3.8) is 0 Å². The minimum Gasteiger partial charge on any atom is -0.507 e. The number of carbonyl (C=O) groups is 1. The average Bonchev–Trinajstić information content (AvgIpc) is 3.17. The monoisotopic (exact) mass is 404 g/mol. The molecule has 3 unspecified atom stereocenters. The maximum Gasteiger partial charge on any atom is 0.196 e. The molecule has 3 heteroatoms. The minimum atomic E-state index is -0.193. The van der Waals surface area contributed by atoms with E-state index >= 15 is 0 Å². The fourth-order valence-electron chi connectivity index (χ4n) is 4.16. The normalized spacial score (nSPS) is 21.0. The standard InChI is InChI=1S/C27H32O3/c1-3-5-6-8-13-22-16-20(4-2)17-23(22)19-30-24-14-15-25(26(28)18-24)27(29)21-11-9-7-10-12-21/h4,7-15,18,20,22-23,28H,2-3,5-6,16-17,19H2,1H3/b13-8-. The molecule has 158 valence electrons. The summed E-state index contributed by atoms with van der Waals surface area (Å²) in [6, 6.07) is 13.9. The Kier molecular flexibility index (Phi) is 7.89. The van der Waals surface area contributed by atoms with Crippen LogP contribution in [0.25, 0.3) is 0 Å². The molecule has 1 N–H and O–H groups in total. The summed E-state index contributed by atoms with van der Waals surface area (Å²) in [5.74, 6) is 1.80. The number of unbranched alkanes of at least 4 members (excludes halogenated alkanes) is 2. The Bertz CT molecular complexity index is 869. The molecule has 2 aromatic rings. The number of rotatable bonds is 10. The number of ether oxygens (including phenoxy) is 1. The SMILES string of the molecule is C=CC1CC(/C=C\CCCC)C(COc2ccc(C(=O)c3ccccc3)c(O)c2)C1. The lowest BCUT2D eigenvalue weighted by atomic mass is 9.96.